The van der Waals surface area contributed by atoms with Crippen LogP contribution >= 0.6 is 22.9 Å². The third kappa shape index (κ3) is 3.76. The van der Waals surface area contributed by atoms with E-state index >= 15 is 0 Å². The van der Waals surface area contributed by atoms with Crippen molar-refractivity contribution in [3.8, 4) is 6.07 Å². The first-order valence-electron chi connectivity index (χ1n) is 9.77. The largest absolute Gasteiger partial charge is 0.310 e. The standard InChI is InChI=1S/C22H20ClN5OS/c1-2-11-28-21(29)18(13-15-8-5-6-9-17(15)23)30-22(28)16(14-24)20-26-25-19-10-4-3-7-12-27(19)20/h2,5-6,8-9,13H,1,3-4,7,10-12H2/b18-13-,22-16+. The molecule has 1 aliphatic rings. The fourth-order valence-corrected chi connectivity index (χ4v) is 4.89. The first-order chi connectivity index (χ1) is 14.6. The number of halogens is 1. The molecular formula is C22H20ClN5OS. The van der Waals surface area contributed by atoms with Gasteiger partial charge < -0.3 is 4.57 Å². The highest BCUT2D eigenvalue weighted by atomic mass is 35.5. The van der Waals surface area contributed by atoms with Crippen LogP contribution in [-0.2, 0) is 19.5 Å². The van der Waals surface area contributed by atoms with Crippen LogP contribution < -0.4 is 14.8 Å². The van der Waals surface area contributed by atoms with Gasteiger partial charge in [-0.2, -0.15) is 5.26 Å². The summed E-state index contributed by atoms with van der Waals surface area (Å²) in [6, 6.07) is 9.62. The number of nitrogens with zero attached hydrogens (tertiary/aromatic N) is 5. The highest BCUT2D eigenvalue weighted by Crippen LogP contribution is 2.18. The van der Waals surface area contributed by atoms with Crippen molar-refractivity contribution in [1.82, 2.24) is 19.3 Å². The van der Waals surface area contributed by atoms with Crippen molar-refractivity contribution in [2.24, 2.45) is 0 Å². The van der Waals surface area contributed by atoms with Gasteiger partial charge in [0.05, 0.1) is 4.53 Å². The molecule has 3 heterocycles. The molecule has 0 fully saturated rings. The van der Waals surface area contributed by atoms with Crippen LogP contribution in [0.4, 0.5) is 0 Å². The van der Waals surface area contributed by atoms with Crippen LogP contribution in [0.1, 0.15) is 36.5 Å². The van der Waals surface area contributed by atoms with Crippen molar-refractivity contribution >= 4 is 34.6 Å². The highest BCUT2D eigenvalue weighted by molar-refractivity contribution is 7.07. The molecular weight excluding hydrogens is 418 g/mol. The molecule has 0 bridgehead atoms. The van der Waals surface area contributed by atoms with Crippen LogP contribution in [0.5, 0.6) is 0 Å². The van der Waals surface area contributed by atoms with Crippen molar-refractivity contribution < 1.29 is 0 Å². The van der Waals surface area contributed by atoms with Gasteiger partial charge >= 0.3 is 0 Å². The maximum atomic E-state index is 13.1. The Morgan fingerprint density at radius 3 is 2.90 bits per heavy atom. The Kier molecular flexibility index (Phi) is 5.98. The van der Waals surface area contributed by atoms with Gasteiger partial charge in [0.1, 0.15) is 22.1 Å². The summed E-state index contributed by atoms with van der Waals surface area (Å²) < 4.78 is 4.64. The van der Waals surface area contributed by atoms with Crippen molar-refractivity contribution in [2.75, 3.05) is 0 Å². The molecule has 4 rings (SSSR count). The van der Waals surface area contributed by atoms with Gasteiger partial charge in [0, 0.05) is 24.5 Å². The minimum atomic E-state index is -0.182. The second kappa shape index (κ2) is 8.82. The van der Waals surface area contributed by atoms with Crippen molar-refractivity contribution in [2.45, 2.75) is 38.8 Å². The summed E-state index contributed by atoms with van der Waals surface area (Å²) in [6.45, 7) is 4.84. The Labute approximate surface area is 182 Å². The number of thiazole rings is 1. The Bertz CT molecular complexity index is 1320. The van der Waals surface area contributed by atoms with Gasteiger partial charge in [0.15, 0.2) is 5.82 Å². The number of aromatic nitrogens is 4. The van der Waals surface area contributed by atoms with Crippen molar-refractivity contribution in [3.05, 3.63) is 78.7 Å². The van der Waals surface area contributed by atoms with E-state index in [1.54, 1.807) is 22.8 Å². The van der Waals surface area contributed by atoms with Gasteiger partial charge in [-0.1, -0.05) is 42.3 Å². The van der Waals surface area contributed by atoms with Gasteiger partial charge in [-0.25, -0.2) is 0 Å². The lowest BCUT2D eigenvalue weighted by Crippen LogP contribution is -2.32. The van der Waals surface area contributed by atoms with E-state index in [1.807, 2.05) is 22.8 Å². The fourth-order valence-electron chi connectivity index (χ4n) is 3.60. The molecule has 1 aliphatic heterocycles. The lowest BCUT2D eigenvalue weighted by Gasteiger charge is -2.06. The SMILES string of the molecule is C=CCn1c(=O)/c(=C/c2ccccc2Cl)s/c1=C(\C#N)c1nnc2n1CCCCC2. The minimum Gasteiger partial charge on any atom is -0.310 e. The molecule has 0 unspecified atom stereocenters. The van der Waals surface area contributed by atoms with E-state index < -0.39 is 0 Å². The normalized spacial score (nSPS) is 15.3. The molecule has 3 aromatic rings. The van der Waals surface area contributed by atoms with Gasteiger partial charge in [-0.3, -0.25) is 9.36 Å². The average molecular weight is 438 g/mol. The number of aryl methyl sites for hydroxylation is 1. The summed E-state index contributed by atoms with van der Waals surface area (Å²) in [4.78, 5) is 13.1. The molecule has 0 N–H and O–H groups in total. The molecule has 8 heteroatoms. The van der Waals surface area contributed by atoms with Crippen LogP contribution in [0.2, 0.25) is 5.02 Å². The zero-order chi connectivity index (χ0) is 21.1. The van der Waals surface area contributed by atoms with Gasteiger partial charge in [0.25, 0.3) is 5.56 Å². The predicted molar refractivity (Wildman–Crippen MR) is 119 cm³/mol. The van der Waals surface area contributed by atoms with Gasteiger partial charge in [-0.15, -0.1) is 28.1 Å². The van der Waals surface area contributed by atoms with Crippen LogP contribution in [0, 0.1) is 11.3 Å². The third-order valence-electron chi connectivity index (χ3n) is 5.07. The fraction of sp³-hybridized carbons (Fsp3) is 0.273. The summed E-state index contributed by atoms with van der Waals surface area (Å²) in [5.74, 6) is 1.42. The van der Waals surface area contributed by atoms with Crippen molar-refractivity contribution in [3.63, 3.8) is 0 Å². The molecule has 0 atom stereocenters. The average Bonchev–Trinajstić information content (AvgIpc) is 3.17. The summed E-state index contributed by atoms with van der Waals surface area (Å²) in [7, 11) is 0. The molecule has 0 aliphatic carbocycles. The van der Waals surface area contributed by atoms with E-state index in [0.29, 0.717) is 32.2 Å². The molecule has 6 nitrogen and oxygen atoms in total. The number of benzene rings is 1. The van der Waals surface area contributed by atoms with E-state index in [-0.39, 0.29) is 5.56 Å². The number of hydrogen-bond acceptors (Lipinski definition) is 5. The first-order valence-corrected chi connectivity index (χ1v) is 11.0. The zero-order valence-corrected chi connectivity index (χ0v) is 17.9. The molecule has 0 radical (unpaired) electrons. The summed E-state index contributed by atoms with van der Waals surface area (Å²) in [5, 5.41) is 19.2. The molecule has 0 spiro atoms. The zero-order valence-electron chi connectivity index (χ0n) is 16.3. The molecule has 152 valence electrons. The Morgan fingerprint density at radius 1 is 1.30 bits per heavy atom. The summed E-state index contributed by atoms with van der Waals surface area (Å²) in [6.07, 6.45) is 7.47. The predicted octanol–water partition coefficient (Wildman–Crippen LogP) is 2.62. The van der Waals surface area contributed by atoms with E-state index in [0.717, 1.165) is 43.6 Å². The van der Waals surface area contributed by atoms with E-state index in [1.165, 1.54) is 11.3 Å². The quantitative estimate of drug-likeness (QED) is 0.588. The van der Waals surface area contributed by atoms with Crippen LogP contribution in [0.3, 0.4) is 0 Å². The Balaban J connectivity index is 2.00. The molecule has 30 heavy (non-hydrogen) atoms. The van der Waals surface area contributed by atoms with Crippen LogP contribution in [0.25, 0.3) is 11.6 Å². The number of fused-ring (bicyclic) bond motifs is 1. The lowest BCUT2D eigenvalue weighted by molar-refractivity contribution is 0.626. The third-order valence-corrected chi connectivity index (χ3v) is 6.54. The van der Waals surface area contributed by atoms with E-state index in [9.17, 15) is 10.1 Å². The van der Waals surface area contributed by atoms with E-state index in [4.69, 9.17) is 11.6 Å². The smallest absolute Gasteiger partial charge is 0.269 e. The molecule has 1 aromatic carbocycles. The highest BCUT2D eigenvalue weighted by Gasteiger charge is 2.20. The summed E-state index contributed by atoms with van der Waals surface area (Å²) >= 11 is 7.53. The molecule has 0 saturated heterocycles. The molecule has 0 amide bonds. The Morgan fingerprint density at radius 2 is 2.13 bits per heavy atom. The maximum Gasteiger partial charge on any atom is 0.269 e. The van der Waals surface area contributed by atoms with Crippen LogP contribution in [-0.4, -0.2) is 19.3 Å². The topological polar surface area (TPSA) is 76.5 Å². The van der Waals surface area contributed by atoms with Gasteiger partial charge in [-0.05, 0) is 30.5 Å². The van der Waals surface area contributed by atoms with Gasteiger partial charge in [0.2, 0.25) is 0 Å². The summed E-state index contributed by atoms with van der Waals surface area (Å²) in [5.41, 5.74) is 0.932. The molecule has 0 saturated carbocycles. The monoisotopic (exact) mass is 437 g/mol. The second-order valence-electron chi connectivity index (χ2n) is 7.03. The lowest BCUT2D eigenvalue weighted by atomic mass is 10.2. The molecule has 2 aromatic heterocycles. The maximum absolute atomic E-state index is 13.1. The Hall–Kier alpha value is -2.95. The minimum absolute atomic E-state index is 0.182. The number of hydrogen-bond donors (Lipinski definition) is 0. The first kappa shape index (κ1) is 20.3. The second-order valence-corrected chi connectivity index (χ2v) is 8.47. The van der Waals surface area contributed by atoms with Crippen molar-refractivity contribution in [1.29, 1.82) is 5.26 Å². The van der Waals surface area contributed by atoms with E-state index in [2.05, 4.69) is 22.8 Å². The number of rotatable bonds is 4. The van der Waals surface area contributed by atoms with Crippen LogP contribution in [0.15, 0.2) is 41.7 Å². The number of allylic oxidation sites excluding steroid dienone is 1. The number of nitriles is 1.